The van der Waals surface area contributed by atoms with E-state index in [9.17, 15) is 13.2 Å². The third kappa shape index (κ3) is 2.73. The average molecular weight is 355 g/mol. The molecule has 2 aliphatic heterocycles. The Morgan fingerprint density at radius 1 is 1.38 bits per heavy atom. The van der Waals surface area contributed by atoms with Gasteiger partial charge in [-0.1, -0.05) is 12.1 Å². The van der Waals surface area contributed by atoms with Crippen molar-refractivity contribution < 1.29 is 27.4 Å². The Morgan fingerprint density at radius 3 is 2.83 bits per heavy atom. The van der Waals surface area contributed by atoms with Crippen LogP contribution in [0.25, 0.3) is 0 Å². The fraction of sp³-hybridized carbons (Fsp3) is 0.562. The van der Waals surface area contributed by atoms with Crippen molar-refractivity contribution in [3.63, 3.8) is 0 Å². The lowest BCUT2D eigenvalue weighted by Crippen LogP contribution is -2.37. The predicted molar refractivity (Wildman–Crippen MR) is 85.2 cm³/mol. The van der Waals surface area contributed by atoms with Gasteiger partial charge in [0.05, 0.1) is 37.4 Å². The van der Waals surface area contributed by atoms with E-state index in [0.717, 1.165) is 0 Å². The zero-order valence-electron chi connectivity index (χ0n) is 13.7. The molecule has 8 heteroatoms. The maximum absolute atomic E-state index is 13.1. The highest BCUT2D eigenvalue weighted by Crippen LogP contribution is 2.43. The molecule has 0 aromatic heterocycles. The second-order valence-electron chi connectivity index (χ2n) is 6.29. The SMILES string of the molecule is COC[C@@]12COC[C@@H]1CN(S(=O)(=O)c1ccccc1C(=O)OC)C2. The van der Waals surface area contributed by atoms with Crippen LogP contribution in [0.1, 0.15) is 10.4 Å². The normalized spacial score (nSPS) is 27.2. The third-order valence-corrected chi connectivity index (χ3v) is 6.70. The number of fused-ring (bicyclic) bond motifs is 1. The van der Waals surface area contributed by atoms with Crippen molar-refractivity contribution in [1.29, 1.82) is 0 Å². The number of esters is 1. The molecule has 0 radical (unpaired) electrons. The van der Waals surface area contributed by atoms with Crippen molar-refractivity contribution in [2.45, 2.75) is 4.90 Å². The first kappa shape index (κ1) is 17.3. The summed E-state index contributed by atoms with van der Waals surface area (Å²) in [7, 11) is -0.964. The number of carbonyl (C=O) groups excluding carboxylic acids is 1. The van der Waals surface area contributed by atoms with Crippen LogP contribution in [-0.4, -0.2) is 65.8 Å². The largest absolute Gasteiger partial charge is 0.465 e. The number of hydrogen-bond donors (Lipinski definition) is 0. The number of methoxy groups -OCH3 is 2. The van der Waals surface area contributed by atoms with Crippen LogP contribution in [-0.2, 0) is 24.2 Å². The van der Waals surface area contributed by atoms with Gasteiger partial charge in [0.25, 0.3) is 0 Å². The second kappa shape index (κ2) is 6.44. The van der Waals surface area contributed by atoms with Crippen molar-refractivity contribution >= 4 is 16.0 Å². The molecule has 1 aromatic carbocycles. The minimum atomic E-state index is -3.80. The lowest BCUT2D eigenvalue weighted by molar-refractivity contribution is 0.0591. The number of nitrogens with zero attached hydrogens (tertiary/aromatic N) is 1. The summed E-state index contributed by atoms with van der Waals surface area (Å²) in [5.74, 6) is -0.569. The summed E-state index contributed by atoms with van der Waals surface area (Å²) in [5.41, 5.74) is -0.267. The number of benzene rings is 1. The van der Waals surface area contributed by atoms with Gasteiger partial charge in [0.1, 0.15) is 0 Å². The molecule has 0 saturated carbocycles. The molecule has 132 valence electrons. The lowest BCUT2D eigenvalue weighted by atomic mass is 9.82. The van der Waals surface area contributed by atoms with E-state index in [4.69, 9.17) is 14.2 Å². The van der Waals surface area contributed by atoms with E-state index < -0.39 is 16.0 Å². The molecule has 0 bridgehead atoms. The van der Waals surface area contributed by atoms with Gasteiger partial charge in [-0.15, -0.1) is 0 Å². The van der Waals surface area contributed by atoms with Crippen LogP contribution in [0, 0.1) is 11.3 Å². The van der Waals surface area contributed by atoms with E-state index in [-0.39, 0.29) is 21.8 Å². The van der Waals surface area contributed by atoms with Crippen molar-refractivity contribution in [3.8, 4) is 0 Å². The van der Waals surface area contributed by atoms with E-state index in [1.165, 1.54) is 23.5 Å². The predicted octanol–water partition coefficient (Wildman–Crippen LogP) is 0.757. The van der Waals surface area contributed by atoms with Crippen molar-refractivity contribution in [1.82, 2.24) is 4.31 Å². The molecule has 3 rings (SSSR count). The zero-order chi connectivity index (χ0) is 17.4. The van der Waals surface area contributed by atoms with Crippen LogP contribution in [0.3, 0.4) is 0 Å². The molecule has 0 spiro atoms. The number of rotatable bonds is 5. The zero-order valence-corrected chi connectivity index (χ0v) is 14.5. The number of hydrogen-bond acceptors (Lipinski definition) is 6. The van der Waals surface area contributed by atoms with Gasteiger partial charge in [0.15, 0.2) is 0 Å². The highest BCUT2D eigenvalue weighted by Gasteiger charge is 2.53. The minimum absolute atomic E-state index is 0.0229. The highest BCUT2D eigenvalue weighted by molar-refractivity contribution is 7.89. The molecule has 2 aliphatic rings. The van der Waals surface area contributed by atoms with Gasteiger partial charge in [-0.05, 0) is 12.1 Å². The van der Waals surface area contributed by atoms with E-state index in [1.807, 2.05) is 0 Å². The summed E-state index contributed by atoms with van der Waals surface area (Å²) < 4.78 is 43.2. The highest BCUT2D eigenvalue weighted by atomic mass is 32.2. The maximum Gasteiger partial charge on any atom is 0.339 e. The molecule has 0 unspecified atom stereocenters. The standard InChI is InChI=1S/C16H21NO6S/c1-21-10-16-9-17(7-12(16)8-23-11-16)24(19,20)14-6-4-3-5-13(14)15(18)22-2/h3-6,12H,7-11H2,1-2H3/t12-,16-/m0/s1. The summed E-state index contributed by atoms with van der Waals surface area (Å²) >= 11 is 0. The molecule has 2 saturated heterocycles. The number of sulfonamides is 1. The minimum Gasteiger partial charge on any atom is -0.465 e. The summed E-state index contributed by atoms with van der Waals surface area (Å²) in [6.45, 7) is 2.14. The summed E-state index contributed by atoms with van der Waals surface area (Å²) in [5, 5.41) is 0. The van der Waals surface area contributed by atoms with Gasteiger partial charge in [-0.3, -0.25) is 0 Å². The monoisotopic (exact) mass is 355 g/mol. The maximum atomic E-state index is 13.1. The summed E-state index contributed by atoms with van der Waals surface area (Å²) in [6.07, 6.45) is 0. The first-order valence-electron chi connectivity index (χ1n) is 7.69. The van der Waals surface area contributed by atoms with Crippen molar-refractivity contribution in [2.24, 2.45) is 11.3 Å². The van der Waals surface area contributed by atoms with Crippen LogP contribution in [0.5, 0.6) is 0 Å². The first-order valence-corrected chi connectivity index (χ1v) is 9.13. The van der Waals surface area contributed by atoms with Crippen LogP contribution >= 0.6 is 0 Å². The van der Waals surface area contributed by atoms with Gasteiger partial charge < -0.3 is 14.2 Å². The molecule has 0 aliphatic carbocycles. The molecule has 7 nitrogen and oxygen atoms in total. The van der Waals surface area contributed by atoms with E-state index in [2.05, 4.69) is 0 Å². The van der Waals surface area contributed by atoms with Crippen LogP contribution in [0.15, 0.2) is 29.2 Å². The molecule has 2 heterocycles. The van der Waals surface area contributed by atoms with Gasteiger partial charge in [-0.2, -0.15) is 4.31 Å². The van der Waals surface area contributed by atoms with Crippen molar-refractivity contribution in [2.75, 3.05) is 47.1 Å². The summed E-state index contributed by atoms with van der Waals surface area (Å²) in [6, 6.07) is 6.12. The fourth-order valence-electron chi connectivity index (χ4n) is 3.57. The number of carbonyl (C=O) groups is 1. The van der Waals surface area contributed by atoms with Crippen molar-refractivity contribution in [3.05, 3.63) is 29.8 Å². The molecule has 24 heavy (non-hydrogen) atoms. The molecular formula is C16H21NO6S. The van der Waals surface area contributed by atoms with Gasteiger partial charge in [-0.25, -0.2) is 13.2 Å². The third-order valence-electron chi connectivity index (χ3n) is 4.83. The Balaban J connectivity index is 1.95. The van der Waals surface area contributed by atoms with E-state index in [0.29, 0.717) is 32.9 Å². The van der Waals surface area contributed by atoms with Gasteiger partial charge in [0, 0.05) is 31.5 Å². The molecule has 2 atom stereocenters. The van der Waals surface area contributed by atoms with Crippen LogP contribution < -0.4 is 0 Å². The molecule has 1 aromatic rings. The molecule has 2 fully saturated rings. The lowest BCUT2D eigenvalue weighted by Gasteiger charge is -2.26. The van der Waals surface area contributed by atoms with Gasteiger partial charge >= 0.3 is 5.97 Å². The summed E-state index contributed by atoms with van der Waals surface area (Å²) in [4.78, 5) is 11.9. The molecule has 0 amide bonds. The van der Waals surface area contributed by atoms with E-state index in [1.54, 1.807) is 19.2 Å². The Morgan fingerprint density at radius 2 is 2.12 bits per heavy atom. The van der Waals surface area contributed by atoms with Crippen LogP contribution in [0.4, 0.5) is 0 Å². The van der Waals surface area contributed by atoms with Gasteiger partial charge in [0.2, 0.25) is 10.0 Å². The smallest absolute Gasteiger partial charge is 0.339 e. The number of ether oxygens (including phenoxy) is 3. The Bertz CT molecular complexity index is 734. The van der Waals surface area contributed by atoms with Crippen LogP contribution in [0.2, 0.25) is 0 Å². The molecular weight excluding hydrogens is 334 g/mol. The quantitative estimate of drug-likeness (QED) is 0.725. The Hall–Kier alpha value is -1.48. The molecule has 0 N–H and O–H groups in total. The average Bonchev–Trinajstić information content (AvgIpc) is 3.11. The van der Waals surface area contributed by atoms with E-state index >= 15 is 0 Å². The topological polar surface area (TPSA) is 82.1 Å². The second-order valence-corrected chi connectivity index (χ2v) is 8.20. The fourth-order valence-corrected chi connectivity index (χ4v) is 5.33. The Labute approximate surface area is 141 Å². The first-order chi connectivity index (χ1) is 11.4. The Kier molecular flexibility index (Phi) is 4.65.